The molecule has 0 heterocycles. The van der Waals surface area contributed by atoms with Gasteiger partial charge in [0.25, 0.3) is 0 Å². The fourth-order valence-electron chi connectivity index (χ4n) is 1.80. The molecule has 1 radical (unpaired) electrons. The Hall–Kier alpha value is -0.980. The second kappa shape index (κ2) is 4.31. The van der Waals surface area contributed by atoms with Crippen LogP contribution in [0.25, 0.3) is 0 Å². The van der Waals surface area contributed by atoms with Gasteiger partial charge in [-0.15, -0.1) is 0 Å². The summed E-state index contributed by atoms with van der Waals surface area (Å²) in [7, 11) is 0. The van der Waals surface area contributed by atoms with Gasteiger partial charge >= 0.3 is 0 Å². The molecule has 1 nitrogen and oxygen atoms in total. The number of benzene rings is 1. The van der Waals surface area contributed by atoms with E-state index >= 15 is 0 Å². The van der Waals surface area contributed by atoms with Crippen LogP contribution in [-0.2, 0) is 17.9 Å². The van der Waals surface area contributed by atoms with Gasteiger partial charge in [-0.1, -0.05) is 26.3 Å². The van der Waals surface area contributed by atoms with Gasteiger partial charge in [-0.3, -0.25) is 5.11 Å². The highest BCUT2D eigenvalue weighted by Gasteiger charge is 2.09. The quantitative estimate of drug-likeness (QED) is 0.671. The van der Waals surface area contributed by atoms with Gasteiger partial charge in [-0.25, -0.2) is 0 Å². The second-order valence-corrected chi connectivity index (χ2v) is 3.44. The second-order valence-electron chi connectivity index (χ2n) is 3.44. The van der Waals surface area contributed by atoms with Gasteiger partial charge in [0.1, 0.15) is 0 Å². The van der Waals surface area contributed by atoms with Crippen molar-refractivity contribution in [1.82, 2.24) is 0 Å². The minimum atomic E-state index is 0.212. The van der Waals surface area contributed by atoms with Crippen molar-refractivity contribution < 1.29 is 5.11 Å². The third-order valence-corrected chi connectivity index (χ3v) is 2.48. The van der Waals surface area contributed by atoms with Crippen LogP contribution in [-0.4, -0.2) is 0 Å². The molecule has 1 aromatic rings. The van der Waals surface area contributed by atoms with E-state index in [2.05, 4.69) is 20.8 Å². The summed E-state index contributed by atoms with van der Waals surface area (Å²) in [6, 6.07) is 3.62. The van der Waals surface area contributed by atoms with Crippen LogP contribution in [0, 0.1) is 6.92 Å². The number of hydrogen-bond donors (Lipinski definition) is 0. The third-order valence-electron chi connectivity index (χ3n) is 2.48. The molecule has 0 bridgehead atoms. The molecule has 0 aromatic heterocycles. The summed E-state index contributed by atoms with van der Waals surface area (Å²) >= 11 is 0. The minimum Gasteiger partial charge on any atom is -0.290 e. The molecule has 0 amide bonds. The van der Waals surface area contributed by atoms with Crippen molar-refractivity contribution in [3.63, 3.8) is 0 Å². The molecule has 0 spiro atoms. The molecule has 1 heteroatoms. The van der Waals surface area contributed by atoms with E-state index in [0.29, 0.717) is 0 Å². The summed E-state index contributed by atoms with van der Waals surface area (Å²) in [5.74, 6) is 0.212. The van der Waals surface area contributed by atoms with Gasteiger partial charge in [0.05, 0.1) is 0 Å². The molecule has 0 saturated carbocycles. The van der Waals surface area contributed by atoms with Crippen LogP contribution < -0.4 is 0 Å². The number of aryl methyl sites for hydroxylation is 1. The summed E-state index contributed by atoms with van der Waals surface area (Å²) in [5, 5.41) is 11.5. The zero-order valence-electron chi connectivity index (χ0n) is 8.68. The van der Waals surface area contributed by atoms with E-state index in [1.807, 2.05) is 6.07 Å². The fourth-order valence-corrected chi connectivity index (χ4v) is 1.80. The average molecular weight is 177 g/mol. The van der Waals surface area contributed by atoms with E-state index in [1.165, 1.54) is 11.1 Å². The molecular weight excluding hydrogens is 160 g/mol. The van der Waals surface area contributed by atoms with Crippen molar-refractivity contribution in [1.29, 1.82) is 0 Å². The van der Waals surface area contributed by atoms with Crippen LogP contribution >= 0.6 is 0 Å². The van der Waals surface area contributed by atoms with E-state index < -0.39 is 0 Å². The molecular formula is C12H17O. The summed E-state index contributed by atoms with van der Waals surface area (Å²) in [4.78, 5) is 0. The monoisotopic (exact) mass is 177 g/mol. The number of rotatable bonds is 3. The predicted octanol–water partition coefficient (Wildman–Crippen LogP) is 3.65. The Morgan fingerprint density at radius 1 is 1.15 bits per heavy atom. The first-order valence-corrected chi connectivity index (χ1v) is 4.99. The van der Waals surface area contributed by atoms with Crippen molar-refractivity contribution in [2.45, 2.75) is 40.0 Å². The Morgan fingerprint density at radius 3 is 2.38 bits per heavy atom. The Morgan fingerprint density at radius 2 is 1.85 bits per heavy atom. The minimum absolute atomic E-state index is 0.212. The van der Waals surface area contributed by atoms with Gasteiger partial charge in [-0.05, 0) is 37.0 Å². The number of hydrogen-bond acceptors (Lipinski definition) is 0. The summed E-state index contributed by atoms with van der Waals surface area (Å²) < 4.78 is 0. The highest BCUT2D eigenvalue weighted by molar-refractivity contribution is 5.43. The van der Waals surface area contributed by atoms with Gasteiger partial charge < -0.3 is 0 Å². The molecule has 71 valence electrons. The van der Waals surface area contributed by atoms with Crippen LogP contribution in [0.1, 0.15) is 37.0 Å². The SMILES string of the molecule is CCCc1c([O])ccc(C)c1CC. The van der Waals surface area contributed by atoms with Crippen molar-refractivity contribution in [3.05, 3.63) is 28.8 Å². The summed E-state index contributed by atoms with van der Waals surface area (Å²) in [6.45, 7) is 6.31. The van der Waals surface area contributed by atoms with Crippen molar-refractivity contribution in [3.8, 4) is 5.75 Å². The van der Waals surface area contributed by atoms with Crippen molar-refractivity contribution >= 4 is 0 Å². The lowest BCUT2D eigenvalue weighted by atomic mass is 9.96. The zero-order chi connectivity index (χ0) is 9.84. The summed E-state index contributed by atoms with van der Waals surface area (Å²) in [6.07, 6.45) is 2.94. The summed E-state index contributed by atoms with van der Waals surface area (Å²) in [5.41, 5.74) is 3.55. The van der Waals surface area contributed by atoms with E-state index in [0.717, 1.165) is 24.8 Å². The fraction of sp³-hybridized carbons (Fsp3) is 0.500. The van der Waals surface area contributed by atoms with Crippen LogP contribution in [0.2, 0.25) is 0 Å². The molecule has 0 N–H and O–H groups in total. The molecule has 0 unspecified atom stereocenters. The highest BCUT2D eigenvalue weighted by atomic mass is 16.3. The lowest BCUT2D eigenvalue weighted by Gasteiger charge is -2.10. The third kappa shape index (κ3) is 2.03. The van der Waals surface area contributed by atoms with Gasteiger partial charge in [0, 0.05) is 5.56 Å². The molecule has 13 heavy (non-hydrogen) atoms. The molecule has 0 saturated heterocycles. The maximum atomic E-state index is 11.5. The lowest BCUT2D eigenvalue weighted by molar-refractivity contribution is 0.349. The Bertz CT molecular complexity index is 289. The highest BCUT2D eigenvalue weighted by Crippen LogP contribution is 2.26. The Balaban J connectivity index is 3.18. The first kappa shape index (κ1) is 10.1. The molecule has 0 fully saturated rings. The smallest absolute Gasteiger partial charge is 0.182 e. The largest absolute Gasteiger partial charge is 0.290 e. The first-order chi connectivity index (χ1) is 6.20. The van der Waals surface area contributed by atoms with Gasteiger partial charge in [0.2, 0.25) is 0 Å². The van der Waals surface area contributed by atoms with Crippen LogP contribution in [0.3, 0.4) is 0 Å². The predicted molar refractivity (Wildman–Crippen MR) is 54.7 cm³/mol. The maximum absolute atomic E-state index is 11.5. The molecule has 1 aromatic carbocycles. The topological polar surface area (TPSA) is 19.9 Å². The van der Waals surface area contributed by atoms with E-state index in [-0.39, 0.29) is 5.75 Å². The van der Waals surface area contributed by atoms with Crippen LogP contribution in [0.15, 0.2) is 12.1 Å². The Kier molecular flexibility index (Phi) is 3.35. The normalized spacial score (nSPS) is 10.4. The van der Waals surface area contributed by atoms with Crippen molar-refractivity contribution in [2.75, 3.05) is 0 Å². The first-order valence-electron chi connectivity index (χ1n) is 4.99. The lowest BCUT2D eigenvalue weighted by Crippen LogP contribution is -1.95. The standard InChI is InChI=1S/C12H17O/c1-4-6-11-10(5-2)9(3)7-8-12(11)13/h7-8H,4-6H2,1-3H3. The Labute approximate surface area is 80.4 Å². The van der Waals surface area contributed by atoms with Crippen LogP contribution in [0.4, 0.5) is 0 Å². The molecule has 0 atom stereocenters. The van der Waals surface area contributed by atoms with E-state index in [9.17, 15) is 5.11 Å². The van der Waals surface area contributed by atoms with Gasteiger partial charge in [0.15, 0.2) is 5.75 Å². The molecule has 1 rings (SSSR count). The van der Waals surface area contributed by atoms with Crippen LogP contribution in [0.5, 0.6) is 5.75 Å². The zero-order valence-corrected chi connectivity index (χ0v) is 8.68. The maximum Gasteiger partial charge on any atom is 0.182 e. The average Bonchev–Trinajstić information content (AvgIpc) is 2.12. The molecule has 0 aliphatic carbocycles. The van der Waals surface area contributed by atoms with E-state index in [4.69, 9.17) is 0 Å². The van der Waals surface area contributed by atoms with E-state index in [1.54, 1.807) is 6.07 Å². The molecule has 0 aliphatic rings. The molecule has 0 aliphatic heterocycles. The van der Waals surface area contributed by atoms with Gasteiger partial charge in [-0.2, -0.15) is 0 Å². The van der Waals surface area contributed by atoms with Crippen molar-refractivity contribution in [2.24, 2.45) is 0 Å².